The highest BCUT2D eigenvalue weighted by Gasteiger charge is 2.24. The molecule has 1 aromatic carbocycles. The SMILES string of the molecule is CC(C=CS(C)(=O)=O)NC(=O)c1cnc(C2CCCC2)nc1Oc1ccccc1O. The van der Waals surface area contributed by atoms with E-state index in [1.807, 2.05) is 0 Å². The van der Waals surface area contributed by atoms with Crippen molar-refractivity contribution in [3.05, 3.63) is 53.3 Å². The van der Waals surface area contributed by atoms with Gasteiger partial charge in [0.25, 0.3) is 5.91 Å². The number of benzene rings is 1. The number of nitrogens with zero attached hydrogens (tertiary/aromatic N) is 2. The summed E-state index contributed by atoms with van der Waals surface area (Å²) in [6.07, 6.45) is 8.05. The van der Waals surface area contributed by atoms with Crippen LogP contribution in [0, 0.1) is 0 Å². The molecule has 1 amide bonds. The van der Waals surface area contributed by atoms with Crippen molar-refractivity contribution in [1.82, 2.24) is 15.3 Å². The summed E-state index contributed by atoms with van der Waals surface area (Å²) in [6, 6.07) is 5.87. The lowest BCUT2D eigenvalue weighted by molar-refractivity contribution is 0.0943. The van der Waals surface area contributed by atoms with Gasteiger partial charge in [-0.15, -0.1) is 0 Å². The summed E-state index contributed by atoms with van der Waals surface area (Å²) < 4.78 is 28.3. The van der Waals surface area contributed by atoms with Crippen molar-refractivity contribution < 1.29 is 23.1 Å². The molecule has 1 saturated carbocycles. The standard InChI is InChI=1S/C21H25N3O5S/c1-14(11-12-30(2,27)28)23-20(26)16-13-22-19(15-7-3-4-8-15)24-21(16)29-18-10-6-5-9-17(18)25/h5-6,9-15,25H,3-4,7-8H2,1-2H3,(H,23,26). The molecule has 160 valence electrons. The predicted octanol–water partition coefficient (Wildman–Crippen LogP) is 3.31. The van der Waals surface area contributed by atoms with Crippen LogP contribution in [-0.4, -0.2) is 41.7 Å². The van der Waals surface area contributed by atoms with Crippen LogP contribution >= 0.6 is 0 Å². The molecule has 2 N–H and O–H groups in total. The lowest BCUT2D eigenvalue weighted by Gasteiger charge is -2.15. The van der Waals surface area contributed by atoms with Crippen LogP contribution in [-0.2, 0) is 9.84 Å². The minimum atomic E-state index is -3.30. The summed E-state index contributed by atoms with van der Waals surface area (Å²) in [5.41, 5.74) is 0.0969. The molecule has 0 bridgehead atoms. The van der Waals surface area contributed by atoms with E-state index < -0.39 is 21.8 Å². The second-order valence-electron chi connectivity index (χ2n) is 7.42. The minimum Gasteiger partial charge on any atom is -0.504 e. The minimum absolute atomic E-state index is 0.0465. The Bertz CT molecular complexity index is 1050. The molecule has 3 rings (SSSR count). The molecule has 1 fully saturated rings. The smallest absolute Gasteiger partial charge is 0.258 e. The number of hydrogen-bond donors (Lipinski definition) is 2. The molecule has 1 atom stereocenters. The lowest BCUT2D eigenvalue weighted by atomic mass is 10.1. The number of para-hydroxylation sites is 2. The van der Waals surface area contributed by atoms with E-state index in [1.54, 1.807) is 25.1 Å². The Hall–Kier alpha value is -2.94. The number of aromatic hydroxyl groups is 1. The topological polar surface area (TPSA) is 118 Å². The normalized spacial score (nSPS) is 15.9. The number of aromatic nitrogens is 2. The Morgan fingerprint density at radius 3 is 2.67 bits per heavy atom. The van der Waals surface area contributed by atoms with E-state index in [4.69, 9.17) is 4.74 Å². The third-order valence-electron chi connectivity index (χ3n) is 4.78. The van der Waals surface area contributed by atoms with Crippen LogP contribution in [0.3, 0.4) is 0 Å². The summed E-state index contributed by atoms with van der Waals surface area (Å²) in [5.74, 6) is 0.459. The predicted molar refractivity (Wildman–Crippen MR) is 112 cm³/mol. The van der Waals surface area contributed by atoms with Crippen LogP contribution in [0.1, 0.15) is 54.7 Å². The van der Waals surface area contributed by atoms with Crippen LogP contribution in [0.25, 0.3) is 0 Å². The molecule has 30 heavy (non-hydrogen) atoms. The van der Waals surface area contributed by atoms with Gasteiger partial charge in [-0.25, -0.2) is 13.4 Å². The van der Waals surface area contributed by atoms with Crippen molar-refractivity contribution in [3.8, 4) is 17.4 Å². The molecule has 1 heterocycles. The van der Waals surface area contributed by atoms with Gasteiger partial charge in [-0.05, 0) is 31.9 Å². The molecular weight excluding hydrogens is 406 g/mol. The number of amides is 1. The van der Waals surface area contributed by atoms with Crippen molar-refractivity contribution in [2.45, 2.75) is 44.6 Å². The van der Waals surface area contributed by atoms with Gasteiger partial charge in [0.1, 0.15) is 11.4 Å². The van der Waals surface area contributed by atoms with Gasteiger partial charge in [-0.2, -0.15) is 4.98 Å². The zero-order chi connectivity index (χ0) is 21.7. The molecule has 9 heteroatoms. The zero-order valence-corrected chi connectivity index (χ0v) is 17.7. The average molecular weight is 432 g/mol. The summed E-state index contributed by atoms with van der Waals surface area (Å²) in [6.45, 7) is 1.65. The molecule has 1 aromatic heterocycles. The maximum atomic E-state index is 12.8. The second kappa shape index (κ2) is 9.25. The number of carbonyl (C=O) groups excluding carboxylic acids is 1. The Labute approximate surface area is 175 Å². The molecular formula is C21H25N3O5S. The van der Waals surface area contributed by atoms with E-state index in [0.29, 0.717) is 5.82 Å². The van der Waals surface area contributed by atoms with Gasteiger partial charge in [0.15, 0.2) is 21.3 Å². The van der Waals surface area contributed by atoms with Gasteiger partial charge < -0.3 is 15.2 Å². The van der Waals surface area contributed by atoms with Crippen molar-refractivity contribution in [1.29, 1.82) is 0 Å². The first kappa shape index (κ1) is 21.8. The van der Waals surface area contributed by atoms with E-state index in [2.05, 4.69) is 15.3 Å². The van der Waals surface area contributed by atoms with Crippen LogP contribution in [0.15, 0.2) is 41.9 Å². The maximum Gasteiger partial charge on any atom is 0.258 e. The highest BCUT2D eigenvalue weighted by Crippen LogP contribution is 2.35. The van der Waals surface area contributed by atoms with Crippen molar-refractivity contribution in [3.63, 3.8) is 0 Å². The molecule has 0 aliphatic heterocycles. The van der Waals surface area contributed by atoms with Crippen molar-refractivity contribution in [2.75, 3.05) is 6.26 Å². The van der Waals surface area contributed by atoms with Gasteiger partial charge in [0, 0.05) is 29.8 Å². The number of hydrogen-bond acceptors (Lipinski definition) is 7. The third-order valence-corrected chi connectivity index (χ3v) is 5.43. The molecule has 1 aliphatic carbocycles. The Kier molecular flexibility index (Phi) is 6.71. The average Bonchev–Trinajstić information content (AvgIpc) is 3.22. The van der Waals surface area contributed by atoms with E-state index >= 15 is 0 Å². The fourth-order valence-corrected chi connectivity index (χ4v) is 3.76. The van der Waals surface area contributed by atoms with Crippen LogP contribution in [0.2, 0.25) is 0 Å². The van der Waals surface area contributed by atoms with Gasteiger partial charge in [0.2, 0.25) is 5.88 Å². The fraction of sp³-hybridized carbons (Fsp3) is 0.381. The van der Waals surface area contributed by atoms with E-state index in [-0.39, 0.29) is 28.9 Å². The van der Waals surface area contributed by atoms with E-state index in [1.165, 1.54) is 18.3 Å². The maximum absolute atomic E-state index is 12.8. The number of phenolic OH excluding ortho intramolecular Hbond substituents is 1. The lowest BCUT2D eigenvalue weighted by Crippen LogP contribution is -2.31. The van der Waals surface area contributed by atoms with E-state index in [9.17, 15) is 18.3 Å². The largest absolute Gasteiger partial charge is 0.504 e. The molecule has 0 radical (unpaired) electrons. The van der Waals surface area contributed by atoms with Crippen LogP contribution in [0.5, 0.6) is 17.4 Å². The van der Waals surface area contributed by atoms with Crippen molar-refractivity contribution >= 4 is 15.7 Å². The first-order valence-electron chi connectivity index (χ1n) is 9.75. The Morgan fingerprint density at radius 2 is 2.00 bits per heavy atom. The highest BCUT2D eigenvalue weighted by molar-refractivity contribution is 7.93. The first-order valence-corrected chi connectivity index (χ1v) is 11.7. The summed E-state index contributed by atoms with van der Waals surface area (Å²) in [4.78, 5) is 21.6. The summed E-state index contributed by atoms with van der Waals surface area (Å²) in [7, 11) is -3.30. The first-order chi connectivity index (χ1) is 14.2. The number of rotatable bonds is 7. The summed E-state index contributed by atoms with van der Waals surface area (Å²) >= 11 is 0. The quantitative estimate of drug-likeness (QED) is 0.690. The number of phenols is 1. The number of nitrogens with one attached hydrogen (secondary N) is 1. The third kappa shape index (κ3) is 5.79. The fourth-order valence-electron chi connectivity index (χ4n) is 3.23. The van der Waals surface area contributed by atoms with Crippen LogP contribution < -0.4 is 10.1 Å². The molecule has 1 aliphatic rings. The van der Waals surface area contributed by atoms with Gasteiger partial charge in [-0.3, -0.25) is 4.79 Å². The molecule has 8 nitrogen and oxygen atoms in total. The molecule has 1 unspecified atom stereocenters. The number of ether oxygens (including phenoxy) is 1. The van der Waals surface area contributed by atoms with Crippen molar-refractivity contribution in [2.24, 2.45) is 0 Å². The van der Waals surface area contributed by atoms with E-state index in [0.717, 1.165) is 37.3 Å². The summed E-state index contributed by atoms with van der Waals surface area (Å²) in [5, 5.41) is 13.8. The Morgan fingerprint density at radius 1 is 1.30 bits per heavy atom. The highest BCUT2D eigenvalue weighted by atomic mass is 32.2. The zero-order valence-electron chi connectivity index (χ0n) is 16.9. The second-order valence-corrected chi connectivity index (χ2v) is 9.35. The number of sulfone groups is 1. The van der Waals surface area contributed by atoms with Gasteiger partial charge in [0.05, 0.1) is 0 Å². The Balaban J connectivity index is 1.89. The van der Waals surface area contributed by atoms with Crippen LogP contribution in [0.4, 0.5) is 0 Å². The van der Waals surface area contributed by atoms with Gasteiger partial charge in [-0.1, -0.05) is 31.1 Å². The molecule has 0 spiro atoms. The van der Waals surface area contributed by atoms with Gasteiger partial charge >= 0.3 is 0 Å². The molecule has 0 saturated heterocycles. The molecule has 2 aromatic rings. The monoisotopic (exact) mass is 431 g/mol. The number of carbonyl (C=O) groups is 1.